The predicted octanol–water partition coefficient (Wildman–Crippen LogP) is 2.79. The van der Waals surface area contributed by atoms with Crippen molar-refractivity contribution in [1.29, 1.82) is 0 Å². The van der Waals surface area contributed by atoms with Crippen LogP contribution in [0.5, 0.6) is 11.5 Å². The molecular weight excluding hydrogens is 420 g/mol. The quantitative estimate of drug-likeness (QED) is 0.471. The van der Waals surface area contributed by atoms with E-state index in [0.29, 0.717) is 34.1 Å². The van der Waals surface area contributed by atoms with Crippen LogP contribution in [0.25, 0.3) is 22.0 Å². The maximum Gasteiger partial charge on any atom is 0.442 e. The molecule has 0 aliphatic heterocycles. The molecule has 0 atom stereocenters. The zero-order valence-electron chi connectivity index (χ0n) is 16.7. The number of thiazole rings is 1. The molecule has 2 N–H and O–H groups in total. The summed E-state index contributed by atoms with van der Waals surface area (Å²) in [6.45, 7) is 0.182. The minimum Gasteiger partial charge on any atom is -0.493 e. The number of carbonyl (C=O) groups excluding carboxylic acids is 1. The minimum absolute atomic E-state index is 0.182. The topological polar surface area (TPSA) is 122 Å². The Kier molecular flexibility index (Phi) is 5.54. The van der Waals surface area contributed by atoms with Gasteiger partial charge in [0.25, 0.3) is 0 Å². The first-order valence-corrected chi connectivity index (χ1v) is 10.0. The van der Waals surface area contributed by atoms with Crippen molar-refractivity contribution in [3.8, 4) is 33.5 Å². The van der Waals surface area contributed by atoms with Crippen molar-refractivity contribution in [2.45, 2.75) is 6.54 Å². The largest absolute Gasteiger partial charge is 0.493 e. The second-order valence-corrected chi connectivity index (χ2v) is 7.37. The summed E-state index contributed by atoms with van der Waals surface area (Å²) in [5, 5.41) is 6.52. The summed E-state index contributed by atoms with van der Waals surface area (Å²) in [6.07, 6.45) is 0. The number of ether oxygens (including phenoxy) is 2. The van der Waals surface area contributed by atoms with Crippen LogP contribution in [0.3, 0.4) is 0 Å². The fourth-order valence-electron chi connectivity index (χ4n) is 3.04. The Morgan fingerprint density at radius 1 is 1.10 bits per heavy atom. The van der Waals surface area contributed by atoms with E-state index in [2.05, 4.69) is 10.1 Å². The number of carbonyl (C=O) groups is 1. The molecule has 0 saturated heterocycles. The van der Waals surface area contributed by atoms with Gasteiger partial charge in [0.1, 0.15) is 5.01 Å². The van der Waals surface area contributed by atoms with Gasteiger partial charge in [0.2, 0.25) is 5.91 Å². The summed E-state index contributed by atoms with van der Waals surface area (Å²) in [7, 11) is 3.08. The van der Waals surface area contributed by atoms with E-state index in [0.717, 1.165) is 10.6 Å². The molecular formula is C21H18N4O5S. The molecule has 9 nitrogen and oxygen atoms in total. The van der Waals surface area contributed by atoms with Gasteiger partial charge in [-0.2, -0.15) is 0 Å². The van der Waals surface area contributed by atoms with Gasteiger partial charge in [-0.3, -0.25) is 13.9 Å². The molecule has 0 bridgehead atoms. The van der Waals surface area contributed by atoms with Crippen molar-refractivity contribution >= 4 is 17.2 Å². The van der Waals surface area contributed by atoms with Crippen molar-refractivity contribution < 1.29 is 18.8 Å². The standard InChI is InChI=1S/C21H18N4O5S/c1-28-16-8-7-14(9-17(16)29-2)19-24-30-21(27)25(19)10-15-11-31-20(23-15)13-5-3-12(4-6-13)18(22)26/h3-9,11H,10H2,1-2H3,(H2,22,26). The minimum atomic E-state index is -0.592. The normalized spacial score (nSPS) is 10.8. The van der Waals surface area contributed by atoms with Gasteiger partial charge in [-0.05, 0) is 30.3 Å². The highest BCUT2D eigenvalue weighted by Crippen LogP contribution is 2.31. The Morgan fingerprint density at radius 2 is 1.81 bits per heavy atom. The molecule has 0 unspecified atom stereocenters. The number of aromatic nitrogens is 3. The van der Waals surface area contributed by atoms with Crippen LogP contribution in [0.2, 0.25) is 0 Å². The summed E-state index contributed by atoms with van der Waals surface area (Å²) in [4.78, 5) is 28.1. The molecule has 31 heavy (non-hydrogen) atoms. The molecule has 0 fully saturated rings. The van der Waals surface area contributed by atoms with Gasteiger partial charge in [0.05, 0.1) is 26.5 Å². The summed E-state index contributed by atoms with van der Waals surface area (Å²) in [5.74, 6) is 0.352. The molecule has 0 saturated carbocycles. The van der Waals surface area contributed by atoms with Gasteiger partial charge >= 0.3 is 5.76 Å². The lowest BCUT2D eigenvalue weighted by Crippen LogP contribution is -2.16. The first-order chi connectivity index (χ1) is 15.0. The van der Waals surface area contributed by atoms with Crippen LogP contribution in [-0.4, -0.2) is 34.8 Å². The maximum atomic E-state index is 12.3. The fraction of sp³-hybridized carbons (Fsp3) is 0.143. The third-order valence-corrected chi connectivity index (χ3v) is 5.56. The van der Waals surface area contributed by atoms with E-state index in [-0.39, 0.29) is 6.54 Å². The average molecular weight is 438 g/mol. The molecule has 2 aromatic heterocycles. The van der Waals surface area contributed by atoms with E-state index in [9.17, 15) is 9.59 Å². The third-order valence-electron chi connectivity index (χ3n) is 4.62. The highest BCUT2D eigenvalue weighted by atomic mass is 32.1. The summed E-state index contributed by atoms with van der Waals surface area (Å²) < 4.78 is 16.9. The number of hydrogen-bond donors (Lipinski definition) is 1. The number of amides is 1. The highest BCUT2D eigenvalue weighted by molar-refractivity contribution is 7.13. The van der Waals surface area contributed by atoms with Crippen LogP contribution in [0.1, 0.15) is 16.1 Å². The molecule has 0 aliphatic carbocycles. The Morgan fingerprint density at radius 3 is 2.48 bits per heavy atom. The van der Waals surface area contributed by atoms with Crippen LogP contribution >= 0.6 is 11.3 Å². The van der Waals surface area contributed by atoms with Crippen molar-refractivity contribution in [2.75, 3.05) is 14.2 Å². The average Bonchev–Trinajstić information content (AvgIpc) is 3.40. The number of benzene rings is 2. The maximum absolute atomic E-state index is 12.3. The van der Waals surface area contributed by atoms with Crippen LogP contribution < -0.4 is 21.0 Å². The molecule has 2 aromatic carbocycles. The van der Waals surface area contributed by atoms with E-state index >= 15 is 0 Å². The summed E-state index contributed by atoms with van der Waals surface area (Å²) >= 11 is 1.43. The predicted molar refractivity (Wildman–Crippen MR) is 114 cm³/mol. The molecule has 0 spiro atoms. The molecule has 2 heterocycles. The van der Waals surface area contributed by atoms with Crippen molar-refractivity contribution in [1.82, 2.24) is 14.7 Å². The SMILES string of the molecule is COc1ccc(-c2noc(=O)n2Cc2csc(-c3ccc(C(N)=O)cc3)n2)cc1OC. The molecule has 10 heteroatoms. The van der Waals surface area contributed by atoms with Crippen LogP contribution in [-0.2, 0) is 6.54 Å². The fourth-order valence-corrected chi connectivity index (χ4v) is 3.86. The molecule has 4 rings (SSSR count). The van der Waals surface area contributed by atoms with Gasteiger partial charge in [-0.1, -0.05) is 17.3 Å². The number of hydrogen-bond acceptors (Lipinski definition) is 8. The Hall–Kier alpha value is -3.92. The number of primary amides is 1. The van der Waals surface area contributed by atoms with Crippen molar-refractivity contribution in [2.24, 2.45) is 5.73 Å². The zero-order valence-corrected chi connectivity index (χ0v) is 17.5. The van der Waals surface area contributed by atoms with E-state index < -0.39 is 11.7 Å². The van der Waals surface area contributed by atoms with Crippen molar-refractivity contribution in [3.63, 3.8) is 0 Å². The molecule has 1 amide bonds. The summed E-state index contributed by atoms with van der Waals surface area (Å²) in [5.41, 5.74) is 7.86. The van der Waals surface area contributed by atoms with Crippen LogP contribution in [0.15, 0.2) is 57.2 Å². The molecule has 158 valence electrons. The monoisotopic (exact) mass is 438 g/mol. The van der Waals surface area contributed by atoms with E-state index in [1.54, 1.807) is 49.6 Å². The number of rotatable bonds is 7. The lowest BCUT2D eigenvalue weighted by Gasteiger charge is -2.09. The second-order valence-electron chi connectivity index (χ2n) is 6.51. The van der Waals surface area contributed by atoms with Gasteiger partial charge in [0.15, 0.2) is 17.3 Å². The second kappa shape index (κ2) is 8.44. The first-order valence-electron chi connectivity index (χ1n) is 9.13. The van der Waals surface area contributed by atoms with Crippen molar-refractivity contribution in [3.05, 3.63) is 69.7 Å². The lowest BCUT2D eigenvalue weighted by atomic mass is 10.1. The highest BCUT2D eigenvalue weighted by Gasteiger charge is 2.17. The van der Waals surface area contributed by atoms with Gasteiger partial charge in [0, 0.05) is 22.1 Å². The zero-order chi connectivity index (χ0) is 22.0. The Bertz CT molecular complexity index is 1290. The van der Waals surface area contributed by atoms with E-state index in [4.69, 9.17) is 19.7 Å². The van der Waals surface area contributed by atoms with E-state index in [1.165, 1.54) is 23.0 Å². The van der Waals surface area contributed by atoms with Crippen LogP contribution in [0, 0.1) is 0 Å². The molecule has 4 aromatic rings. The summed E-state index contributed by atoms with van der Waals surface area (Å²) in [6, 6.07) is 12.1. The first kappa shape index (κ1) is 20.4. The van der Waals surface area contributed by atoms with Gasteiger partial charge in [-0.25, -0.2) is 9.78 Å². The molecule has 0 aliphatic rings. The number of methoxy groups -OCH3 is 2. The van der Waals surface area contributed by atoms with Gasteiger partial charge in [-0.15, -0.1) is 11.3 Å². The number of nitrogens with zero attached hydrogens (tertiary/aromatic N) is 3. The smallest absolute Gasteiger partial charge is 0.442 e. The van der Waals surface area contributed by atoms with Gasteiger partial charge < -0.3 is 15.2 Å². The van der Waals surface area contributed by atoms with Crippen LogP contribution in [0.4, 0.5) is 0 Å². The Labute approximate surface area is 180 Å². The third kappa shape index (κ3) is 4.05. The number of nitrogens with two attached hydrogens (primary N) is 1. The van der Waals surface area contributed by atoms with E-state index in [1.807, 2.05) is 5.38 Å². The Balaban J connectivity index is 1.62. The lowest BCUT2D eigenvalue weighted by molar-refractivity contribution is 0.100. The molecule has 0 radical (unpaired) electrons.